The lowest BCUT2D eigenvalue weighted by Crippen LogP contribution is -2.63. The summed E-state index contributed by atoms with van der Waals surface area (Å²) in [5, 5.41) is 6.96. The number of halogens is 1. The third-order valence-corrected chi connectivity index (χ3v) is 8.61. The minimum absolute atomic E-state index is 0.0563. The van der Waals surface area contributed by atoms with Crippen molar-refractivity contribution in [3.05, 3.63) is 29.3 Å². The maximum absolute atomic E-state index is 13.2. The van der Waals surface area contributed by atoms with Crippen molar-refractivity contribution in [2.45, 2.75) is 57.0 Å². The van der Waals surface area contributed by atoms with E-state index in [1.807, 2.05) is 25.1 Å². The molecule has 0 radical (unpaired) electrons. The van der Waals surface area contributed by atoms with Crippen molar-refractivity contribution in [3.63, 3.8) is 0 Å². The molecular weight excluding hydrogens is 424 g/mol. The molecular formula is C25H35ClN4O2. The number of anilines is 1. The molecule has 2 amide bonds. The van der Waals surface area contributed by atoms with Gasteiger partial charge >= 0.3 is 0 Å². The number of hydrogen-bond acceptors (Lipinski definition) is 4. The zero-order chi connectivity index (χ0) is 22.3. The van der Waals surface area contributed by atoms with Crippen LogP contribution in [0.5, 0.6) is 0 Å². The van der Waals surface area contributed by atoms with E-state index in [9.17, 15) is 9.59 Å². The number of carbonyl (C=O) groups excluding carboxylic acids is 2. The molecule has 1 saturated heterocycles. The Morgan fingerprint density at radius 2 is 1.62 bits per heavy atom. The van der Waals surface area contributed by atoms with Gasteiger partial charge in [-0.15, -0.1) is 0 Å². The van der Waals surface area contributed by atoms with Crippen LogP contribution in [0.15, 0.2) is 24.3 Å². The van der Waals surface area contributed by atoms with Gasteiger partial charge in [-0.3, -0.25) is 19.4 Å². The Hall–Kier alpha value is -1.63. The highest BCUT2D eigenvalue weighted by atomic mass is 35.5. The number of amides is 2. The van der Waals surface area contributed by atoms with Gasteiger partial charge in [0.1, 0.15) is 0 Å². The van der Waals surface area contributed by atoms with Crippen molar-refractivity contribution in [1.29, 1.82) is 0 Å². The number of nitrogens with zero attached hydrogens (tertiary/aromatic N) is 2. The SMILES string of the molecule is CC(C(=O)NC12CC3CC(CC(C3)C1)C2)N1CCN(CC(=O)Nc2ccccc2Cl)CC1. The molecule has 1 aromatic rings. The molecule has 5 aliphatic rings. The molecule has 2 N–H and O–H groups in total. The van der Waals surface area contributed by atoms with E-state index in [-0.39, 0.29) is 23.4 Å². The first kappa shape index (κ1) is 22.2. The summed E-state index contributed by atoms with van der Waals surface area (Å²) in [6, 6.07) is 7.16. The van der Waals surface area contributed by atoms with E-state index in [1.54, 1.807) is 6.07 Å². The standard InChI is InChI=1S/C25H35ClN4O2/c1-17(24(32)28-25-13-18-10-19(14-25)12-20(11-18)15-25)30-8-6-29(7-9-30)16-23(31)27-22-5-3-2-4-21(22)26/h2-5,17-20H,6-16H2,1H3,(H,27,31)(H,28,32). The van der Waals surface area contributed by atoms with E-state index < -0.39 is 0 Å². The summed E-state index contributed by atoms with van der Waals surface area (Å²) < 4.78 is 0. The van der Waals surface area contributed by atoms with Crippen LogP contribution in [-0.2, 0) is 9.59 Å². The van der Waals surface area contributed by atoms with Gasteiger partial charge in [-0.05, 0) is 75.3 Å². The van der Waals surface area contributed by atoms with Gasteiger partial charge in [0.25, 0.3) is 0 Å². The summed E-state index contributed by atoms with van der Waals surface area (Å²) in [5.41, 5.74) is 0.714. The molecule has 0 spiro atoms. The number of benzene rings is 1. The molecule has 4 saturated carbocycles. The van der Waals surface area contributed by atoms with Gasteiger partial charge < -0.3 is 10.6 Å². The number of hydrogen-bond donors (Lipinski definition) is 2. The van der Waals surface area contributed by atoms with Gasteiger partial charge in [-0.2, -0.15) is 0 Å². The van der Waals surface area contributed by atoms with Crippen LogP contribution in [0.2, 0.25) is 5.02 Å². The van der Waals surface area contributed by atoms with Crippen LogP contribution < -0.4 is 10.6 Å². The van der Waals surface area contributed by atoms with Crippen LogP contribution in [0.3, 0.4) is 0 Å². The normalized spacial score (nSPS) is 33.1. The van der Waals surface area contributed by atoms with Crippen LogP contribution in [-0.4, -0.2) is 65.9 Å². The highest BCUT2D eigenvalue weighted by Crippen LogP contribution is 2.55. The van der Waals surface area contributed by atoms with Gasteiger partial charge in [0.15, 0.2) is 0 Å². The average molecular weight is 459 g/mol. The van der Waals surface area contributed by atoms with E-state index in [4.69, 9.17) is 11.6 Å². The number of para-hydroxylation sites is 1. The van der Waals surface area contributed by atoms with Crippen molar-refractivity contribution >= 4 is 29.1 Å². The average Bonchev–Trinajstić information content (AvgIpc) is 2.74. The van der Waals surface area contributed by atoms with Crippen LogP contribution >= 0.6 is 11.6 Å². The molecule has 6 rings (SSSR count). The zero-order valence-corrected chi connectivity index (χ0v) is 19.7. The molecule has 1 aromatic carbocycles. The summed E-state index contributed by atoms with van der Waals surface area (Å²) in [6.45, 7) is 5.54. The van der Waals surface area contributed by atoms with E-state index >= 15 is 0 Å². The summed E-state index contributed by atoms with van der Waals surface area (Å²) in [7, 11) is 0. The Kier molecular flexibility index (Phi) is 6.21. The molecule has 5 fully saturated rings. The summed E-state index contributed by atoms with van der Waals surface area (Å²) >= 11 is 6.13. The Morgan fingerprint density at radius 3 is 2.22 bits per heavy atom. The fraction of sp³-hybridized carbons (Fsp3) is 0.680. The predicted molar refractivity (Wildman–Crippen MR) is 127 cm³/mol. The molecule has 1 atom stereocenters. The van der Waals surface area contributed by atoms with Crippen LogP contribution in [0, 0.1) is 17.8 Å². The third kappa shape index (κ3) is 4.68. The van der Waals surface area contributed by atoms with Gasteiger partial charge in [0.05, 0.1) is 23.3 Å². The second kappa shape index (κ2) is 8.96. The Labute approximate surface area is 196 Å². The zero-order valence-electron chi connectivity index (χ0n) is 19.0. The van der Waals surface area contributed by atoms with Crippen LogP contribution in [0.4, 0.5) is 5.69 Å². The molecule has 4 bridgehead atoms. The van der Waals surface area contributed by atoms with E-state index in [1.165, 1.54) is 38.5 Å². The molecule has 174 valence electrons. The van der Waals surface area contributed by atoms with Gasteiger partial charge in [0, 0.05) is 31.7 Å². The lowest BCUT2D eigenvalue weighted by Gasteiger charge is -2.57. The summed E-state index contributed by atoms with van der Waals surface area (Å²) in [6.07, 6.45) is 7.72. The van der Waals surface area contributed by atoms with Crippen LogP contribution in [0.25, 0.3) is 0 Å². The second-order valence-corrected chi connectivity index (χ2v) is 11.1. The van der Waals surface area contributed by atoms with Crippen molar-refractivity contribution in [2.24, 2.45) is 17.8 Å². The molecule has 6 nitrogen and oxygen atoms in total. The van der Waals surface area contributed by atoms with Gasteiger partial charge in [-0.25, -0.2) is 0 Å². The summed E-state index contributed by atoms with van der Waals surface area (Å²) in [4.78, 5) is 30.0. The molecule has 4 aliphatic carbocycles. The lowest BCUT2D eigenvalue weighted by atomic mass is 9.53. The smallest absolute Gasteiger partial charge is 0.238 e. The van der Waals surface area contributed by atoms with Crippen molar-refractivity contribution < 1.29 is 9.59 Å². The lowest BCUT2D eigenvalue weighted by molar-refractivity contribution is -0.132. The van der Waals surface area contributed by atoms with Gasteiger partial charge in [-0.1, -0.05) is 23.7 Å². The number of rotatable bonds is 6. The fourth-order valence-corrected chi connectivity index (χ4v) is 7.24. The van der Waals surface area contributed by atoms with Gasteiger partial charge in [0.2, 0.25) is 11.8 Å². The number of piperazine rings is 1. The number of carbonyl (C=O) groups is 2. The van der Waals surface area contributed by atoms with Crippen molar-refractivity contribution in [2.75, 3.05) is 38.0 Å². The quantitative estimate of drug-likeness (QED) is 0.686. The molecule has 1 aliphatic heterocycles. The summed E-state index contributed by atoms with van der Waals surface area (Å²) in [5.74, 6) is 2.63. The third-order valence-electron chi connectivity index (χ3n) is 8.28. The van der Waals surface area contributed by atoms with Crippen molar-refractivity contribution in [3.8, 4) is 0 Å². The topological polar surface area (TPSA) is 64.7 Å². The maximum Gasteiger partial charge on any atom is 0.238 e. The highest BCUT2D eigenvalue weighted by Gasteiger charge is 2.51. The monoisotopic (exact) mass is 458 g/mol. The number of nitrogens with one attached hydrogen (secondary N) is 2. The molecule has 0 aromatic heterocycles. The first-order valence-electron chi connectivity index (χ1n) is 12.2. The van der Waals surface area contributed by atoms with E-state index in [0.29, 0.717) is 17.3 Å². The Balaban J connectivity index is 1.09. The maximum atomic E-state index is 13.2. The highest BCUT2D eigenvalue weighted by molar-refractivity contribution is 6.33. The van der Waals surface area contributed by atoms with E-state index in [0.717, 1.165) is 43.9 Å². The second-order valence-electron chi connectivity index (χ2n) is 10.7. The minimum atomic E-state index is -0.123. The fourth-order valence-electron chi connectivity index (χ4n) is 7.06. The predicted octanol–water partition coefficient (Wildman–Crippen LogP) is 3.37. The van der Waals surface area contributed by atoms with Crippen molar-refractivity contribution in [1.82, 2.24) is 15.1 Å². The molecule has 1 unspecified atom stereocenters. The first-order valence-corrected chi connectivity index (χ1v) is 12.6. The van der Waals surface area contributed by atoms with E-state index in [2.05, 4.69) is 20.4 Å². The first-order chi connectivity index (χ1) is 15.4. The Bertz CT molecular complexity index is 832. The largest absolute Gasteiger partial charge is 0.349 e. The molecule has 7 heteroatoms. The van der Waals surface area contributed by atoms with Crippen LogP contribution in [0.1, 0.15) is 45.4 Å². The minimum Gasteiger partial charge on any atom is -0.349 e. The Morgan fingerprint density at radius 1 is 1.03 bits per heavy atom. The molecule has 1 heterocycles. The molecule has 32 heavy (non-hydrogen) atoms.